The van der Waals surface area contributed by atoms with Crippen LogP contribution in [-0.2, 0) is 4.79 Å². The molecule has 2 N–H and O–H groups in total. The minimum atomic E-state index is -0.763. The Labute approximate surface area is 211 Å². The summed E-state index contributed by atoms with van der Waals surface area (Å²) in [5.41, 5.74) is 3.20. The van der Waals surface area contributed by atoms with Gasteiger partial charge in [0, 0.05) is 32.7 Å². The molecule has 7 nitrogen and oxygen atoms in total. The van der Waals surface area contributed by atoms with Gasteiger partial charge in [0.2, 0.25) is 5.91 Å². The molecular weight excluding hydrogens is 455 g/mol. The molecule has 1 amide bonds. The van der Waals surface area contributed by atoms with E-state index in [0.29, 0.717) is 23.5 Å². The Morgan fingerprint density at radius 1 is 1.08 bits per heavy atom. The second-order valence-electron chi connectivity index (χ2n) is 9.21. The van der Waals surface area contributed by atoms with Crippen molar-refractivity contribution in [3.63, 3.8) is 0 Å². The normalized spacial score (nSPS) is 15.7. The quantitative estimate of drug-likeness (QED) is 0.502. The van der Waals surface area contributed by atoms with Crippen molar-refractivity contribution in [1.29, 1.82) is 5.26 Å². The van der Waals surface area contributed by atoms with Gasteiger partial charge in [-0.2, -0.15) is 5.26 Å². The Morgan fingerprint density at radius 3 is 2.47 bits per heavy atom. The molecule has 0 bridgehead atoms. The van der Waals surface area contributed by atoms with Crippen molar-refractivity contribution in [3.8, 4) is 6.07 Å². The number of benzene rings is 2. The molecule has 4 rings (SSSR count). The standard InChI is InChI=1S/C28H31FN6O/c1-20(22-8-6-21(17-30)7-9-22)18-32-27(23-4-3-5-24(29)16-23)28(36)33-26-11-10-25(19-31-26)35-14-12-34(2)13-15-35/h3-11,16,19-20,27,32H,12-15,18H2,1-2H3,(H,31,33,36)/t20-,27+/m1/s1. The van der Waals surface area contributed by atoms with Gasteiger partial charge in [-0.25, -0.2) is 9.37 Å². The number of nitrogens with zero attached hydrogens (tertiary/aromatic N) is 4. The number of anilines is 2. The van der Waals surface area contributed by atoms with Crippen LogP contribution < -0.4 is 15.5 Å². The third kappa shape index (κ3) is 6.45. The molecular formula is C28H31FN6O. The van der Waals surface area contributed by atoms with Crippen LogP contribution in [0, 0.1) is 17.1 Å². The van der Waals surface area contributed by atoms with Crippen LogP contribution in [0.3, 0.4) is 0 Å². The number of piperazine rings is 1. The largest absolute Gasteiger partial charge is 0.368 e. The summed E-state index contributed by atoms with van der Waals surface area (Å²) in [6.07, 6.45) is 1.78. The fraction of sp³-hybridized carbons (Fsp3) is 0.321. The van der Waals surface area contributed by atoms with E-state index < -0.39 is 11.9 Å². The first kappa shape index (κ1) is 25.3. The first-order valence-corrected chi connectivity index (χ1v) is 12.1. The number of carbonyl (C=O) groups excluding carboxylic acids is 1. The van der Waals surface area contributed by atoms with E-state index in [0.717, 1.165) is 37.4 Å². The van der Waals surface area contributed by atoms with E-state index in [-0.39, 0.29) is 11.8 Å². The molecule has 36 heavy (non-hydrogen) atoms. The summed E-state index contributed by atoms with van der Waals surface area (Å²) >= 11 is 0. The van der Waals surface area contributed by atoms with Gasteiger partial charge in [0.05, 0.1) is 23.5 Å². The Kier molecular flexibility index (Phi) is 8.26. The number of aromatic nitrogens is 1. The van der Waals surface area contributed by atoms with Crippen LogP contribution >= 0.6 is 0 Å². The molecule has 0 spiro atoms. The van der Waals surface area contributed by atoms with Gasteiger partial charge in [-0.1, -0.05) is 31.2 Å². The molecule has 1 saturated heterocycles. The number of carbonyl (C=O) groups is 1. The second kappa shape index (κ2) is 11.8. The average molecular weight is 487 g/mol. The zero-order chi connectivity index (χ0) is 25.5. The van der Waals surface area contributed by atoms with Gasteiger partial charge in [0.25, 0.3) is 0 Å². The van der Waals surface area contributed by atoms with Crippen molar-refractivity contribution in [2.75, 3.05) is 50.0 Å². The fourth-order valence-corrected chi connectivity index (χ4v) is 4.26. The summed E-state index contributed by atoms with van der Waals surface area (Å²) < 4.78 is 14.0. The Hall–Kier alpha value is -3.80. The lowest BCUT2D eigenvalue weighted by atomic mass is 9.98. The maximum Gasteiger partial charge on any atom is 0.247 e. The lowest BCUT2D eigenvalue weighted by Gasteiger charge is -2.33. The van der Waals surface area contributed by atoms with E-state index in [1.165, 1.54) is 12.1 Å². The van der Waals surface area contributed by atoms with Gasteiger partial charge in [0.15, 0.2) is 0 Å². The van der Waals surface area contributed by atoms with Gasteiger partial charge >= 0.3 is 0 Å². The number of pyridine rings is 1. The van der Waals surface area contributed by atoms with E-state index in [2.05, 4.69) is 38.5 Å². The number of likely N-dealkylation sites (N-methyl/N-ethyl adjacent to an activating group) is 1. The number of nitrogens with one attached hydrogen (secondary N) is 2. The minimum absolute atomic E-state index is 0.0719. The molecule has 1 aromatic heterocycles. The summed E-state index contributed by atoms with van der Waals surface area (Å²) in [4.78, 5) is 22.3. The molecule has 0 unspecified atom stereocenters. The van der Waals surface area contributed by atoms with Gasteiger partial charge in [0.1, 0.15) is 17.7 Å². The highest BCUT2D eigenvalue weighted by Crippen LogP contribution is 2.22. The zero-order valence-corrected chi connectivity index (χ0v) is 20.6. The predicted octanol–water partition coefficient (Wildman–Crippen LogP) is 3.92. The summed E-state index contributed by atoms with van der Waals surface area (Å²) in [6.45, 7) is 6.39. The predicted molar refractivity (Wildman–Crippen MR) is 139 cm³/mol. The first-order chi connectivity index (χ1) is 17.4. The summed E-state index contributed by atoms with van der Waals surface area (Å²) in [5.74, 6) is -0.196. The smallest absolute Gasteiger partial charge is 0.247 e. The van der Waals surface area contributed by atoms with Crippen LogP contribution in [0.1, 0.15) is 35.6 Å². The molecule has 0 saturated carbocycles. The van der Waals surface area contributed by atoms with Crippen molar-refractivity contribution in [2.45, 2.75) is 18.9 Å². The van der Waals surface area contributed by atoms with Crippen molar-refractivity contribution in [2.24, 2.45) is 0 Å². The van der Waals surface area contributed by atoms with Crippen LogP contribution in [-0.4, -0.2) is 55.6 Å². The summed E-state index contributed by atoms with van der Waals surface area (Å²) in [7, 11) is 2.11. The van der Waals surface area contributed by atoms with Crippen LogP contribution in [0.4, 0.5) is 15.9 Å². The van der Waals surface area contributed by atoms with Crippen LogP contribution in [0.2, 0.25) is 0 Å². The highest BCUT2D eigenvalue weighted by Gasteiger charge is 2.23. The number of amides is 1. The first-order valence-electron chi connectivity index (χ1n) is 12.1. The third-order valence-electron chi connectivity index (χ3n) is 6.55. The Bertz CT molecular complexity index is 1200. The van der Waals surface area contributed by atoms with Crippen LogP contribution in [0.5, 0.6) is 0 Å². The number of hydrogen-bond acceptors (Lipinski definition) is 6. The number of hydrogen-bond donors (Lipinski definition) is 2. The van der Waals surface area contributed by atoms with Gasteiger partial charge < -0.3 is 20.4 Å². The van der Waals surface area contributed by atoms with E-state index in [4.69, 9.17) is 5.26 Å². The van der Waals surface area contributed by atoms with Crippen molar-refractivity contribution < 1.29 is 9.18 Å². The monoisotopic (exact) mass is 486 g/mol. The molecule has 0 aliphatic carbocycles. The molecule has 186 valence electrons. The van der Waals surface area contributed by atoms with Gasteiger partial charge in [-0.15, -0.1) is 0 Å². The van der Waals surface area contributed by atoms with E-state index in [9.17, 15) is 9.18 Å². The molecule has 2 aromatic carbocycles. The number of halogens is 1. The lowest BCUT2D eigenvalue weighted by molar-refractivity contribution is -0.118. The zero-order valence-electron chi connectivity index (χ0n) is 20.6. The SMILES string of the molecule is C[C@H](CN[C@H](C(=O)Nc1ccc(N2CCN(C)CC2)cn1)c1cccc(F)c1)c1ccc(C#N)cc1. The molecule has 8 heteroatoms. The van der Waals surface area contributed by atoms with E-state index in [1.54, 1.807) is 36.5 Å². The van der Waals surface area contributed by atoms with Crippen LogP contribution in [0.25, 0.3) is 0 Å². The van der Waals surface area contributed by atoms with Crippen molar-refractivity contribution in [1.82, 2.24) is 15.2 Å². The third-order valence-corrected chi connectivity index (χ3v) is 6.55. The minimum Gasteiger partial charge on any atom is -0.368 e. The van der Waals surface area contributed by atoms with E-state index >= 15 is 0 Å². The van der Waals surface area contributed by atoms with Gasteiger partial charge in [-0.3, -0.25) is 4.79 Å². The molecule has 0 radical (unpaired) electrons. The molecule has 2 atom stereocenters. The van der Waals surface area contributed by atoms with Crippen molar-refractivity contribution >= 4 is 17.4 Å². The maximum absolute atomic E-state index is 14.0. The highest BCUT2D eigenvalue weighted by atomic mass is 19.1. The number of nitriles is 1. The molecule has 2 heterocycles. The Balaban J connectivity index is 1.44. The average Bonchev–Trinajstić information content (AvgIpc) is 2.90. The molecule has 3 aromatic rings. The second-order valence-corrected chi connectivity index (χ2v) is 9.21. The number of rotatable bonds is 8. The maximum atomic E-state index is 14.0. The summed E-state index contributed by atoms with van der Waals surface area (Å²) in [6, 6.07) is 18.6. The highest BCUT2D eigenvalue weighted by molar-refractivity contribution is 5.94. The fourth-order valence-electron chi connectivity index (χ4n) is 4.26. The summed E-state index contributed by atoms with van der Waals surface area (Å²) in [5, 5.41) is 15.2. The molecule has 1 aliphatic rings. The van der Waals surface area contributed by atoms with E-state index in [1.807, 2.05) is 25.1 Å². The lowest BCUT2D eigenvalue weighted by Crippen LogP contribution is -2.44. The van der Waals surface area contributed by atoms with Crippen molar-refractivity contribution in [3.05, 3.63) is 89.4 Å². The topological polar surface area (TPSA) is 84.3 Å². The molecule has 1 aliphatic heterocycles. The van der Waals surface area contributed by atoms with Crippen LogP contribution in [0.15, 0.2) is 66.9 Å². The van der Waals surface area contributed by atoms with Gasteiger partial charge in [-0.05, 0) is 60.5 Å². The molecule has 1 fully saturated rings. The Morgan fingerprint density at radius 2 is 1.83 bits per heavy atom.